The van der Waals surface area contributed by atoms with Crippen LogP contribution in [0.3, 0.4) is 0 Å². The van der Waals surface area contributed by atoms with Crippen LogP contribution in [0, 0.1) is 0 Å². The van der Waals surface area contributed by atoms with E-state index in [9.17, 15) is 4.79 Å². The summed E-state index contributed by atoms with van der Waals surface area (Å²) in [6.07, 6.45) is 2.51. The van der Waals surface area contributed by atoms with Gasteiger partial charge in [-0.15, -0.1) is 11.3 Å². The molecule has 0 radical (unpaired) electrons. The van der Waals surface area contributed by atoms with E-state index in [0.717, 1.165) is 18.0 Å². The van der Waals surface area contributed by atoms with Crippen LogP contribution in [-0.4, -0.2) is 22.4 Å². The molecule has 2 rings (SSSR count). The van der Waals surface area contributed by atoms with Crippen LogP contribution in [0.1, 0.15) is 41.0 Å². The van der Waals surface area contributed by atoms with E-state index < -0.39 is 0 Å². The Morgan fingerprint density at radius 1 is 1.50 bits per heavy atom. The van der Waals surface area contributed by atoms with Crippen LogP contribution in [0.25, 0.3) is 0 Å². The third kappa shape index (κ3) is 3.26. The monoisotopic (exact) mass is 311 g/mol. The molecule has 108 valence electrons. The summed E-state index contributed by atoms with van der Waals surface area (Å²) >= 11 is 2.79. The number of nitrogens with one attached hydrogen (secondary N) is 2. The lowest BCUT2D eigenvalue weighted by Gasteiger charge is -2.13. The summed E-state index contributed by atoms with van der Waals surface area (Å²) in [7, 11) is 0. The molecule has 6 nitrogen and oxygen atoms in total. The zero-order valence-corrected chi connectivity index (χ0v) is 13.0. The van der Waals surface area contributed by atoms with Gasteiger partial charge in [0.05, 0.1) is 6.04 Å². The quantitative estimate of drug-likeness (QED) is 0.762. The molecule has 0 aliphatic carbocycles. The second kappa shape index (κ2) is 6.67. The zero-order chi connectivity index (χ0) is 14.5. The number of hydrogen-bond acceptors (Lipinski definition) is 7. The van der Waals surface area contributed by atoms with Crippen molar-refractivity contribution in [3.8, 4) is 0 Å². The number of hydrogen-bond donors (Lipinski definition) is 3. The fraction of sp³-hybridized carbons (Fsp3) is 0.417. The van der Waals surface area contributed by atoms with E-state index in [1.54, 1.807) is 6.20 Å². The van der Waals surface area contributed by atoms with E-state index in [1.807, 2.05) is 19.2 Å². The molecule has 0 aliphatic heterocycles. The lowest BCUT2D eigenvalue weighted by atomic mass is 10.2. The number of carbonyl (C=O) groups is 1. The summed E-state index contributed by atoms with van der Waals surface area (Å²) < 4.78 is 0. The summed E-state index contributed by atoms with van der Waals surface area (Å²) in [5.74, 6) is 0.0589. The van der Waals surface area contributed by atoms with E-state index in [2.05, 4.69) is 20.6 Å². The fourth-order valence-electron chi connectivity index (χ4n) is 1.69. The topological polar surface area (TPSA) is 92.9 Å². The number of nitrogens with zero attached hydrogens (tertiary/aromatic N) is 2. The number of anilines is 2. The summed E-state index contributed by atoms with van der Waals surface area (Å²) in [6.45, 7) is 4.71. The molecule has 1 unspecified atom stereocenters. The Morgan fingerprint density at radius 2 is 2.30 bits per heavy atom. The predicted octanol–water partition coefficient (Wildman–Crippen LogP) is 2.49. The Labute approximate surface area is 125 Å². The van der Waals surface area contributed by atoms with Gasteiger partial charge in [-0.1, -0.05) is 18.3 Å². The van der Waals surface area contributed by atoms with E-state index in [4.69, 9.17) is 5.73 Å². The second-order valence-electron chi connectivity index (χ2n) is 4.07. The highest BCUT2D eigenvalue weighted by molar-refractivity contribution is 7.18. The number of carbonyl (C=O) groups excluding carboxylic acids is 1. The molecule has 0 aliphatic rings. The molecule has 0 fully saturated rings. The summed E-state index contributed by atoms with van der Waals surface area (Å²) in [5.41, 5.74) is 5.79. The SMILES string of the molecule is CCNc1nc(N)c(C(=O)NC(CC)c2nccs2)s1. The van der Waals surface area contributed by atoms with Gasteiger partial charge in [0, 0.05) is 18.1 Å². The molecule has 2 aromatic rings. The Bertz CT molecular complexity index is 566. The highest BCUT2D eigenvalue weighted by Gasteiger charge is 2.20. The number of nitrogens with two attached hydrogens (primary N) is 1. The molecule has 0 bridgehead atoms. The maximum absolute atomic E-state index is 12.3. The first kappa shape index (κ1) is 14.7. The molecule has 0 aromatic carbocycles. The van der Waals surface area contributed by atoms with Gasteiger partial charge in [0.25, 0.3) is 5.91 Å². The van der Waals surface area contributed by atoms with Crippen LogP contribution in [-0.2, 0) is 0 Å². The molecule has 20 heavy (non-hydrogen) atoms. The molecular weight excluding hydrogens is 294 g/mol. The second-order valence-corrected chi connectivity index (χ2v) is 5.99. The van der Waals surface area contributed by atoms with Crippen molar-refractivity contribution in [3.63, 3.8) is 0 Å². The van der Waals surface area contributed by atoms with Gasteiger partial charge < -0.3 is 16.4 Å². The molecule has 4 N–H and O–H groups in total. The van der Waals surface area contributed by atoms with Gasteiger partial charge in [-0.3, -0.25) is 4.79 Å². The Kier molecular flexibility index (Phi) is 4.91. The van der Waals surface area contributed by atoms with E-state index in [1.165, 1.54) is 22.7 Å². The van der Waals surface area contributed by atoms with Crippen molar-refractivity contribution >= 4 is 39.5 Å². The number of thiazole rings is 2. The first-order valence-corrected chi connectivity index (χ1v) is 8.05. The number of nitrogen functional groups attached to an aromatic ring is 1. The molecule has 2 heterocycles. The van der Waals surface area contributed by atoms with Gasteiger partial charge in [0.15, 0.2) is 5.13 Å². The Morgan fingerprint density at radius 3 is 2.90 bits per heavy atom. The van der Waals surface area contributed by atoms with Gasteiger partial charge in [-0.25, -0.2) is 9.97 Å². The normalized spacial score (nSPS) is 12.1. The third-order valence-corrected chi connectivity index (χ3v) is 4.57. The molecule has 1 atom stereocenters. The lowest BCUT2D eigenvalue weighted by molar-refractivity contribution is 0.0940. The highest BCUT2D eigenvalue weighted by atomic mass is 32.1. The fourth-order valence-corrected chi connectivity index (χ4v) is 3.32. The van der Waals surface area contributed by atoms with Crippen molar-refractivity contribution in [1.29, 1.82) is 0 Å². The van der Waals surface area contributed by atoms with Crippen LogP contribution in [0.5, 0.6) is 0 Å². The van der Waals surface area contributed by atoms with Crippen LogP contribution in [0.15, 0.2) is 11.6 Å². The molecule has 0 saturated heterocycles. The minimum atomic E-state index is -0.203. The lowest BCUT2D eigenvalue weighted by Crippen LogP contribution is -2.28. The van der Waals surface area contributed by atoms with Gasteiger partial charge in [0.2, 0.25) is 0 Å². The molecular formula is C12H17N5OS2. The van der Waals surface area contributed by atoms with Crippen molar-refractivity contribution in [2.75, 3.05) is 17.6 Å². The van der Waals surface area contributed by atoms with Crippen molar-refractivity contribution in [1.82, 2.24) is 15.3 Å². The van der Waals surface area contributed by atoms with Crippen molar-refractivity contribution in [2.45, 2.75) is 26.3 Å². The van der Waals surface area contributed by atoms with Gasteiger partial charge >= 0.3 is 0 Å². The number of amides is 1. The van der Waals surface area contributed by atoms with Gasteiger partial charge in [0.1, 0.15) is 15.7 Å². The molecule has 0 spiro atoms. The minimum absolute atomic E-state index is 0.0911. The van der Waals surface area contributed by atoms with Crippen LogP contribution in [0.2, 0.25) is 0 Å². The maximum Gasteiger partial charge on any atom is 0.265 e. The summed E-state index contributed by atoms with van der Waals surface area (Å²) in [5, 5.41) is 9.47. The largest absolute Gasteiger partial charge is 0.382 e. The first-order chi connectivity index (χ1) is 9.65. The van der Waals surface area contributed by atoms with E-state index in [-0.39, 0.29) is 17.8 Å². The molecule has 0 saturated carbocycles. The maximum atomic E-state index is 12.3. The summed E-state index contributed by atoms with van der Waals surface area (Å²) in [6, 6.07) is -0.0911. The van der Waals surface area contributed by atoms with E-state index >= 15 is 0 Å². The van der Waals surface area contributed by atoms with Crippen molar-refractivity contribution in [2.24, 2.45) is 0 Å². The molecule has 8 heteroatoms. The number of aromatic nitrogens is 2. The van der Waals surface area contributed by atoms with Crippen molar-refractivity contribution < 1.29 is 4.79 Å². The number of rotatable bonds is 6. The Hall–Kier alpha value is -1.67. The third-order valence-electron chi connectivity index (χ3n) is 2.65. The average Bonchev–Trinajstić information content (AvgIpc) is 3.06. The molecule has 1 amide bonds. The van der Waals surface area contributed by atoms with Crippen LogP contribution in [0.4, 0.5) is 10.9 Å². The Balaban J connectivity index is 2.11. The zero-order valence-electron chi connectivity index (χ0n) is 11.3. The highest BCUT2D eigenvalue weighted by Crippen LogP contribution is 2.26. The predicted molar refractivity (Wildman–Crippen MR) is 83.3 cm³/mol. The minimum Gasteiger partial charge on any atom is -0.382 e. The van der Waals surface area contributed by atoms with Crippen LogP contribution < -0.4 is 16.4 Å². The van der Waals surface area contributed by atoms with Gasteiger partial charge in [-0.05, 0) is 13.3 Å². The van der Waals surface area contributed by atoms with Gasteiger partial charge in [-0.2, -0.15) is 0 Å². The smallest absolute Gasteiger partial charge is 0.265 e. The standard InChI is InChI=1S/C12H17N5OS2/c1-3-7(11-15-5-6-19-11)16-10(18)8-9(13)17-12(20-8)14-4-2/h5-7H,3-4,13H2,1-2H3,(H,14,17)(H,16,18). The first-order valence-electron chi connectivity index (χ1n) is 6.36. The van der Waals surface area contributed by atoms with E-state index in [0.29, 0.717) is 10.0 Å². The van der Waals surface area contributed by atoms with Crippen LogP contribution >= 0.6 is 22.7 Å². The summed E-state index contributed by atoms with van der Waals surface area (Å²) in [4.78, 5) is 21.1. The van der Waals surface area contributed by atoms with Crippen molar-refractivity contribution in [3.05, 3.63) is 21.5 Å². The molecule has 2 aromatic heterocycles. The average molecular weight is 311 g/mol.